The number of carbonyl (C=O) groups excluding carboxylic acids is 2. The molecule has 2 saturated heterocycles. The zero-order valence-electron chi connectivity index (χ0n) is 16.9. The smallest absolute Gasteiger partial charge is 0.227 e. The minimum Gasteiger partial charge on any atom is -0.496 e. The number of piperidine rings is 1. The third-order valence-electron chi connectivity index (χ3n) is 5.70. The number of amides is 2. The molecule has 1 aromatic rings. The summed E-state index contributed by atoms with van der Waals surface area (Å²) in [4.78, 5) is 31.5. The highest BCUT2D eigenvalue weighted by Gasteiger charge is 2.34. The Hall–Kier alpha value is -2.12. The molecule has 0 bridgehead atoms. The lowest BCUT2D eigenvalue weighted by Crippen LogP contribution is -2.53. The fourth-order valence-corrected chi connectivity index (χ4v) is 3.98. The van der Waals surface area contributed by atoms with Crippen molar-refractivity contribution in [2.24, 2.45) is 5.92 Å². The summed E-state index contributed by atoms with van der Waals surface area (Å²) in [7, 11) is 3.34. The molecule has 1 aromatic carbocycles. The van der Waals surface area contributed by atoms with E-state index in [1.54, 1.807) is 19.1 Å². The van der Waals surface area contributed by atoms with Crippen LogP contribution in [-0.4, -0.2) is 86.6 Å². The van der Waals surface area contributed by atoms with Gasteiger partial charge in [0.25, 0.3) is 0 Å². The van der Waals surface area contributed by atoms with Gasteiger partial charge in [-0.3, -0.25) is 14.5 Å². The van der Waals surface area contributed by atoms with Crippen LogP contribution in [0, 0.1) is 5.92 Å². The highest BCUT2D eigenvalue weighted by atomic mass is 16.5. The third-order valence-corrected chi connectivity index (χ3v) is 5.70. The van der Waals surface area contributed by atoms with E-state index >= 15 is 0 Å². The first-order valence-electron chi connectivity index (χ1n) is 10.0. The maximum Gasteiger partial charge on any atom is 0.227 e. The Bertz CT molecular complexity index is 673. The summed E-state index contributed by atoms with van der Waals surface area (Å²) < 4.78 is 10.5. The first-order chi connectivity index (χ1) is 13.6. The summed E-state index contributed by atoms with van der Waals surface area (Å²) in [6.07, 6.45) is 1.07. The Morgan fingerprint density at radius 1 is 1.14 bits per heavy atom. The lowest BCUT2D eigenvalue weighted by Gasteiger charge is -2.39. The minimum absolute atomic E-state index is 0.111. The predicted molar refractivity (Wildman–Crippen MR) is 106 cm³/mol. The summed E-state index contributed by atoms with van der Waals surface area (Å²) in [6, 6.07) is 7.73. The molecule has 2 fully saturated rings. The van der Waals surface area contributed by atoms with Gasteiger partial charge in [0.1, 0.15) is 5.75 Å². The highest BCUT2D eigenvalue weighted by Crippen LogP contribution is 2.25. The number of hydrogen-bond acceptors (Lipinski definition) is 5. The van der Waals surface area contributed by atoms with Gasteiger partial charge < -0.3 is 19.3 Å². The quantitative estimate of drug-likeness (QED) is 0.702. The first-order valence-corrected chi connectivity index (χ1v) is 10.0. The maximum atomic E-state index is 13.0. The average Bonchev–Trinajstić information content (AvgIpc) is 2.74. The van der Waals surface area contributed by atoms with Gasteiger partial charge in [-0.1, -0.05) is 18.2 Å². The van der Waals surface area contributed by atoms with Crippen molar-refractivity contribution in [3.05, 3.63) is 29.8 Å². The Kier molecular flexibility index (Phi) is 7.28. The molecule has 2 heterocycles. The molecule has 0 saturated carbocycles. The van der Waals surface area contributed by atoms with Gasteiger partial charge in [0.15, 0.2) is 0 Å². The first kappa shape index (κ1) is 20.6. The Morgan fingerprint density at radius 3 is 2.61 bits per heavy atom. The van der Waals surface area contributed by atoms with Gasteiger partial charge in [-0.2, -0.15) is 0 Å². The number of methoxy groups -OCH3 is 2. The fourth-order valence-electron chi connectivity index (χ4n) is 3.98. The molecule has 2 aliphatic rings. The summed E-state index contributed by atoms with van der Waals surface area (Å²) in [5.41, 5.74) is 0.971. The second-order valence-electron chi connectivity index (χ2n) is 7.48. The maximum absolute atomic E-state index is 13.0. The van der Waals surface area contributed by atoms with E-state index < -0.39 is 0 Å². The van der Waals surface area contributed by atoms with E-state index in [0.29, 0.717) is 25.9 Å². The van der Waals surface area contributed by atoms with Crippen LogP contribution in [0.25, 0.3) is 0 Å². The van der Waals surface area contributed by atoms with Crippen LogP contribution in [0.15, 0.2) is 24.3 Å². The standard InChI is InChI=1S/C21H31N3O4/c1-27-14-13-22-9-11-23(12-10-22)21(26)18-7-8-20(25)24(16-18)15-17-5-3-4-6-19(17)28-2/h3-6,18H,7-16H2,1-2H3/t18-/m1/s1. The number of nitrogens with zero attached hydrogens (tertiary/aromatic N) is 3. The molecule has 7 heteroatoms. The van der Waals surface area contributed by atoms with E-state index in [1.165, 1.54) is 0 Å². The Morgan fingerprint density at radius 2 is 1.89 bits per heavy atom. The van der Waals surface area contributed by atoms with Gasteiger partial charge in [-0.15, -0.1) is 0 Å². The zero-order chi connectivity index (χ0) is 19.9. The van der Waals surface area contributed by atoms with Crippen LogP contribution in [0.5, 0.6) is 5.75 Å². The number of hydrogen-bond donors (Lipinski definition) is 0. The Labute approximate surface area is 167 Å². The lowest BCUT2D eigenvalue weighted by molar-refractivity contribution is -0.144. The molecule has 154 valence electrons. The molecule has 0 N–H and O–H groups in total. The van der Waals surface area contributed by atoms with Crippen molar-refractivity contribution in [3.8, 4) is 5.75 Å². The molecule has 2 aliphatic heterocycles. The summed E-state index contributed by atoms with van der Waals surface area (Å²) >= 11 is 0. The van der Waals surface area contributed by atoms with Crippen LogP contribution in [0.3, 0.4) is 0 Å². The molecule has 0 aliphatic carbocycles. The second kappa shape index (κ2) is 9.89. The number of ether oxygens (including phenoxy) is 2. The van der Waals surface area contributed by atoms with E-state index in [1.807, 2.05) is 29.2 Å². The second-order valence-corrected chi connectivity index (χ2v) is 7.48. The van der Waals surface area contributed by atoms with Gasteiger partial charge in [0.05, 0.1) is 19.6 Å². The topological polar surface area (TPSA) is 62.3 Å². The van der Waals surface area contributed by atoms with Crippen LogP contribution in [-0.2, 0) is 20.9 Å². The molecule has 2 amide bonds. The molecule has 0 unspecified atom stereocenters. The minimum atomic E-state index is -0.113. The lowest BCUT2D eigenvalue weighted by atomic mass is 9.95. The van der Waals surface area contributed by atoms with Crippen LogP contribution in [0.2, 0.25) is 0 Å². The van der Waals surface area contributed by atoms with Crippen molar-refractivity contribution in [2.75, 3.05) is 60.1 Å². The van der Waals surface area contributed by atoms with Crippen LogP contribution >= 0.6 is 0 Å². The zero-order valence-corrected chi connectivity index (χ0v) is 16.9. The number of rotatable bonds is 7. The molecule has 28 heavy (non-hydrogen) atoms. The predicted octanol–water partition coefficient (Wildman–Crippen LogP) is 1.22. The van der Waals surface area contributed by atoms with Gasteiger partial charge in [0.2, 0.25) is 11.8 Å². The summed E-state index contributed by atoms with van der Waals surface area (Å²) in [6.45, 7) is 5.85. The van der Waals surface area contributed by atoms with Gasteiger partial charge in [0, 0.05) is 64.9 Å². The number of benzene rings is 1. The molecule has 0 radical (unpaired) electrons. The van der Waals surface area contributed by atoms with Crippen molar-refractivity contribution in [1.82, 2.24) is 14.7 Å². The van der Waals surface area contributed by atoms with Crippen molar-refractivity contribution in [3.63, 3.8) is 0 Å². The molecule has 1 atom stereocenters. The fraction of sp³-hybridized carbons (Fsp3) is 0.619. The van der Waals surface area contributed by atoms with E-state index in [9.17, 15) is 9.59 Å². The van der Waals surface area contributed by atoms with E-state index in [4.69, 9.17) is 9.47 Å². The number of carbonyl (C=O) groups is 2. The van der Waals surface area contributed by atoms with E-state index in [-0.39, 0.29) is 17.7 Å². The third kappa shape index (κ3) is 5.02. The monoisotopic (exact) mass is 389 g/mol. The molecule has 0 spiro atoms. The molecular weight excluding hydrogens is 358 g/mol. The largest absolute Gasteiger partial charge is 0.496 e. The van der Waals surface area contributed by atoms with Crippen molar-refractivity contribution < 1.29 is 19.1 Å². The van der Waals surface area contributed by atoms with Gasteiger partial charge >= 0.3 is 0 Å². The number of para-hydroxylation sites is 1. The summed E-state index contributed by atoms with van der Waals surface area (Å²) in [5, 5.41) is 0. The molecular formula is C21H31N3O4. The van der Waals surface area contributed by atoms with Crippen LogP contribution in [0.4, 0.5) is 0 Å². The molecule has 3 rings (SSSR count). The van der Waals surface area contributed by atoms with Crippen molar-refractivity contribution in [2.45, 2.75) is 19.4 Å². The van der Waals surface area contributed by atoms with E-state index in [2.05, 4.69) is 4.90 Å². The van der Waals surface area contributed by atoms with Gasteiger partial charge in [-0.25, -0.2) is 0 Å². The van der Waals surface area contributed by atoms with Crippen LogP contribution in [0.1, 0.15) is 18.4 Å². The van der Waals surface area contributed by atoms with Crippen LogP contribution < -0.4 is 4.74 Å². The molecule has 7 nitrogen and oxygen atoms in total. The highest BCUT2D eigenvalue weighted by molar-refractivity contribution is 5.84. The van der Waals surface area contributed by atoms with Crippen molar-refractivity contribution >= 4 is 11.8 Å². The number of piperazine rings is 1. The SMILES string of the molecule is COCCN1CCN(C(=O)[C@@H]2CCC(=O)N(Cc3ccccc3OC)C2)CC1. The average molecular weight is 389 g/mol. The molecule has 0 aromatic heterocycles. The van der Waals surface area contributed by atoms with Gasteiger partial charge in [-0.05, 0) is 12.5 Å². The van der Waals surface area contributed by atoms with E-state index in [0.717, 1.165) is 50.6 Å². The normalized spacial score (nSPS) is 21.1. The van der Waals surface area contributed by atoms with Crippen molar-refractivity contribution in [1.29, 1.82) is 0 Å². The summed E-state index contributed by atoms with van der Waals surface area (Å²) in [5.74, 6) is 0.956. The number of likely N-dealkylation sites (tertiary alicyclic amines) is 1. The Balaban J connectivity index is 1.56.